The molecule has 0 unspecified atom stereocenters. The SMILES string of the molecule is Cc1cc(C)cc(CNC(=O)c2csc(C3CCN(C(=O)C#Cc4ccccc4)CC3)n2)c1. The standard InChI is InChI=1S/C27H27N3O2S/c1-19-14-20(2)16-22(15-19)17-28-26(32)24-18-33-27(29-24)23-10-12-30(13-11-23)25(31)9-8-21-6-4-3-5-7-21/h3-7,14-16,18,23H,10-13,17H2,1-2H3,(H,28,32). The number of aromatic nitrogens is 1. The van der Waals surface area contributed by atoms with Crippen LogP contribution in [0.1, 0.15) is 56.5 Å². The van der Waals surface area contributed by atoms with Crippen LogP contribution in [0.3, 0.4) is 0 Å². The molecule has 1 fully saturated rings. The molecule has 1 N–H and O–H groups in total. The van der Waals surface area contributed by atoms with Gasteiger partial charge in [0.05, 0.1) is 5.01 Å². The van der Waals surface area contributed by atoms with E-state index in [1.165, 1.54) is 22.5 Å². The van der Waals surface area contributed by atoms with Gasteiger partial charge in [0, 0.05) is 42.4 Å². The highest BCUT2D eigenvalue weighted by molar-refractivity contribution is 7.09. The van der Waals surface area contributed by atoms with Crippen LogP contribution in [0, 0.1) is 25.7 Å². The molecule has 4 rings (SSSR count). The zero-order valence-electron chi connectivity index (χ0n) is 18.9. The molecule has 0 saturated carbocycles. The first-order chi connectivity index (χ1) is 16.0. The zero-order valence-corrected chi connectivity index (χ0v) is 19.7. The van der Waals surface area contributed by atoms with Crippen LogP contribution in [0.25, 0.3) is 0 Å². The van der Waals surface area contributed by atoms with Gasteiger partial charge in [-0.05, 0) is 44.4 Å². The quantitative estimate of drug-likeness (QED) is 0.589. The van der Waals surface area contributed by atoms with Gasteiger partial charge in [-0.1, -0.05) is 53.4 Å². The van der Waals surface area contributed by atoms with E-state index in [1.54, 1.807) is 4.90 Å². The van der Waals surface area contributed by atoms with Crippen molar-refractivity contribution in [2.75, 3.05) is 13.1 Å². The summed E-state index contributed by atoms with van der Waals surface area (Å²) in [6.45, 7) is 5.90. The number of hydrogen-bond acceptors (Lipinski definition) is 4. The lowest BCUT2D eigenvalue weighted by molar-refractivity contribution is -0.126. The normalized spacial score (nSPS) is 13.8. The fraction of sp³-hybridized carbons (Fsp3) is 0.296. The van der Waals surface area contributed by atoms with E-state index < -0.39 is 0 Å². The minimum absolute atomic E-state index is 0.136. The summed E-state index contributed by atoms with van der Waals surface area (Å²) >= 11 is 1.52. The number of carbonyl (C=O) groups excluding carboxylic acids is 2. The molecule has 2 amide bonds. The fourth-order valence-corrected chi connectivity index (χ4v) is 5.05. The number of amides is 2. The molecule has 1 aromatic heterocycles. The maximum atomic E-state index is 12.6. The number of carbonyl (C=O) groups is 2. The van der Waals surface area contributed by atoms with Gasteiger partial charge in [0.25, 0.3) is 11.8 Å². The number of nitrogens with one attached hydrogen (secondary N) is 1. The lowest BCUT2D eigenvalue weighted by atomic mass is 9.97. The van der Waals surface area contributed by atoms with Gasteiger partial charge < -0.3 is 10.2 Å². The van der Waals surface area contributed by atoms with Crippen LogP contribution in [-0.2, 0) is 11.3 Å². The number of likely N-dealkylation sites (tertiary alicyclic amines) is 1. The summed E-state index contributed by atoms with van der Waals surface area (Å²) in [5.41, 5.74) is 4.76. The summed E-state index contributed by atoms with van der Waals surface area (Å²) < 4.78 is 0. The first kappa shape index (κ1) is 22.8. The minimum atomic E-state index is -0.152. The highest BCUT2D eigenvalue weighted by Gasteiger charge is 2.25. The molecule has 1 saturated heterocycles. The van der Waals surface area contributed by atoms with Gasteiger partial charge >= 0.3 is 0 Å². The molecule has 168 valence electrons. The van der Waals surface area contributed by atoms with Crippen LogP contribution in [0.15, 0.2) is 53.9 Å². The molecule has 2 heterocycles. The Bertz CT molecular complexity index is 1180. The van der Waals surface area contributed by atoms with E-state index in [0.29, 0.717) is 25.3 Å². The monoisotopic (exact) mass is 457 g/mol. The Labute approximate surface area is 198 Å². The van der Waals surface area contributed by atoms with Crippen molar-refractivity contribution < 1.29 is 9.59 Å². The van der Waals surface area contributed by atoms with Crippen LogP contribution in [0.2, 0.25) is 0 Å². The number of hydrogen-bond donors (Lipinski definition) is 1. The van der Waals surface area contributed by atoms with Crippen molar-refractivity contribution in [1.29, 1.82) is 0 Å². The number of benzene rings is 2. The second-order valence-electron chi connectivity index (χ2n) is 8.43. The van der Waals surface area contributed by atoms with Crippen molar-refractivity contribution in [3.63, 3.8) is 0 Å². The van der Waals surface area contributed by atoms with Gasteiger partial charge in [-0.25, -0.2) is 4.98 Å². The second-order valence-corrected chi connectivity index (χ2v) is 9.32. The smallest absolute Gasteiger partial charge is 0.298 e. The number of nitrogens with zero attached hydrogens (tertiary/aromatic N) is 2. The molecule has 0 radical (unpaired) electrons. The van der Waals surface area contributed by atoms with Crippen molar-refractivity contribution in [1.82, 2.24) is 15.2 Å². The van der Waals surface area contributed by atoms with Crippen LogP contribution in [0.4, 0.5) is 0 Å². The topological polar surface area (TPSA) is 62.3 Å². The molecule has 6 heteroatoms. The highest BCUT2D eigenvalue weighted by Crippen LogP contribution is 2.30. The van der Waals surface area contributed by atoms with Gasteiger partial charge in [0.2, 0.25) is 0 Å². The molecule has 0 spiro atoms. The molecule has 5 nitrogen and oxygen atoms in total. The van der Waals surface area contributed by atoms with E-state index in [4.69, 9.17) is 0 Å². The summed E-state index contributed by atoms with van der Waals surface area (Å²) in [7, 11) is 0. The maximum absolute atomic E-state index is 12.6. The molecule has 0 aliphatic carbocycles. The molecular formula is C27H27N3O2S. The predicted molar refractivity (Wildman–Crippen MR) is 131 cm³/mol. The van der Waals surface area contributed by atoms with Crippen LogP contribution < -0.4 is 5.32 Å². The number of piperidine rings is 1. The Hall–Kier alpha value is -3.43. The Balaban J connectivity index is 1.29. The molecule has 2 aromatic carbocycles. The maximum Gasteiger partial charge on any atom is 0.298 e. The summed E-state index contributed by atoms with van der Waals surface area (Å²) in [5, 5.41) is 5.77. The second kappa shape index (κ2) is 10.5. The summed E-state index contributed by atoms with van der Waals surface area (Å²) in [6.07, 6.45) is 1.66. The van der Waals surface area contributed by atoms with E-state index in [-0.39, 0.29) is 17.7 Å². The third-order valence-corrected chi connectivity index (χ3v) is 6.72. The third kappa shape index (κ3) is 6.09. The van der Waals surface area contributed by atoms with Crippen molar-refractivity contribution in [2.45, 2.75) is 39.2 Å². The molecule has 33 heavy (non-hydrogen) atoms. The third-order valence-electron chi connectivity index (χ3n) is 5.71. The Morgan fingerprint density at radius 3 is 2.48 bits per heavy atom. The average Bonchev–Trinajstić information content (AvgIpc) is 3.32. The highest BCUT2D eigenvalue weighted by atomic mass is 32.1. The molecule has 3 aromatic rings. The van der Waals surface area contributed by atoms with Crippen LogP contribution in [-0.4, -0.2) is 34.8 Å². The van der Waals surface area contributed by atoms with Gasteiger partial charge in [-0.2, -0.15) is 0 Å². The zero-order chi connectivity index (χ0) is 23.2. The fourth-order valence-electron chi connectivity index (χ4n) is 4.08. The summed E-state index contributed by atoms with van der Waals surface area (Å²) in [6, 6.07) is 15.8. The largest absolute Gasteiger partial charge is 0.347 e. The van der Waals surface area contributed by atoms with E-state index in [9.17, 15) is 9.59 Å². The molecule has 0 atom stereocenters. The van der Waals surface area contributed by atoms with Gasteiger partial charge in [0.1, 0.15) is 5.69 Å². The molecular weight excluding hydrogens is 430 g/mol. The average molecular weight is 458 g/mol. The molecule has 1 aliphatic heterocycles. The minimum Gasteiger partial charge on any atom is -0.347 e. The predicted octanol–water partition coefficient (Wildman–Crippen LogP) is 4.45. The van der Waals surface area contributed by atoms with Crippen molar-refractivity contribution in [3.8, 4) is 11.8 Å². The van der Waals surface area contributed by atoms with E-state index >= 15 is 0 Å². The number of thiazole rings is 1. The Morgan fingerprint density at radius 2 is 1.79 bits per heavy atom. The first-order valence-corrected chi connectivity index (χ1v) is 12.0. The summed E-state index contributed by atoms with van der Waals surface area (Å²) in [5.74, 6) is 5.66. The van der Waals surface area contributed by atoms with Crippen LogP contribution >= 0.6 is 11.3 Å². The van der Waals surface area contributed by atoms with Crippen LogP contribution in [0.5, 0.6) is 0 Å². The lowest BCUT2D eigenvalue weighted by Crippen LogP contribution is -2.37. The van der Waals surface area contributed by atoms with Crippen molar-refractivity contribution >= 4 is 23.2 Å². The molecule has 1 aliphatic rings. The molecule has 0 bridgehead atoms. The van der Waals surface area contributed by atoms with Crippen molar-refractivity contribution in [3.05, 3.63) is 86.9 Å². The van der Waals surface area contributed by atoms with E-state index in [2.05, 4.69) is 54.2 Å². The summed E-state index contributed by atoms with van der Waals surface area (Å²) in [4.78, 5) is 31.4. The van der Waals surface area contributed by atoms with E-state index in [1.807, 2.05) is 35.7 Å². The van der Waals surface area contributed by atoms with Gasteiger partial charge in [-0.15, -0.1) is 11.3 Å². The number of aryl methyl sites for hydroxylation is 2. The van der Waals surface area contributed by atoms with Gasteiger partial charge in [-0.3, -0.25) is 9.59 Å². The first-order valence-electron chi connectivity index (χ1n) is 11.1. The number of rotatable bonds is 4. The van der Waals surface area contributed by atoms with E-state index in [0.717, 1.165) is 29.0 Å². The lowest BCUT2D eigenvalue weighted by Gasteiger charge is -2.29. The Morgan fingerprint density at radius 1 is 1.09 bits per heavy atom. The Kier molecular flexibility index (Phi) is 7.21. The van der Waals surface area contributed by atoms with Gasteiger partial charge in [0.15, 0.2) is 0 Å². The van der Waals surface area contributed by atoms with Crippen molar-refractivity contribution in [2.24, 2.45) is 0 Å².